The Labute approximate surface area is 204 Å². The van der Waals surface area contributed by atoms with Crippen LogP contribution in [0.4, 0.5) is 16.2 Å². The molecule has 3 aromatic carbocycles. The van der Waals surface area contributed by atoms with E-state index in [4.69, 9.17) is 4.74 Å². The Balaban J connectivity index is 1.37. The second-order valence-corrected chi connectivity index (χ2v) is 8.61. The number of fused-ring (bicyclic) bond motifs is 1. The molecule has 10 heteroatoms. The number of hydrogen-bond donors (Lipinski definition) is 3. The standard InChI is InChI=1S/C26H20N4O6/c1-14-20(22(32)21(14)31)27-17-6-3-15(4-7-17)9-10-26(24(34)28-25(35)29-26)13-30-12-16-5-8-18(36-2)11-19(16)23(30)33/h3-8,11,27H,12-13H2,1-2H3,(H2,28,29,34,35)/t26-/m1/s1. The van der Waals surface area contributed by atoms with Crippen molar-refractivity contribution in [3.05, 3.63) is 85.2 Å². The number of ether oxygens (including phenoxy) is 1. The van der Waals surface area contributed by atoms with Crippen LogP contribution >= 0.6 is 0 Å². The van der Waals surface area contributed by atoms with Gasteiger partial charge in [-0.2, -0.15) is 0 Å². The number of benzene rings is 2. The molecule has 1 atom stereocenters. The number of carbonyl (C=O) groups is 3. The van der Waals surface area contributed by atoms with Crippen LogP contribution in [0.25, 0.3) is 0 Å². The van der Waals surface area contributed by atoms with Crippen molar-refractivity contribution in [2.75, 3.05) is 19.0 Å². The fourth-order valence-corrected chi connectivity index (χ4v) is 4.23. The Bertz CT molecular complexity index is 1570. The van der Waals surface area contributed by atoms with Crippen LogP contribution in [-0.2, 0) is 11.3 Å². The minimum Gasteiger partial charge on any atom is -0.497 e. The normalized spacial score (nSPS) is 18.4. The minimum absolute atomic E-state index is 0.142. The highest BCUT2D eigenvalue weighted by molar-refractivity contribution is 6.10. The van der Waals surface area contributed by atoms with Crippen LogP contribution in [0.15, 0.2) is 52.1 Å². The maximum absolute atomic E-state index is 13.0. The Morgan fingerprint density at radius 3 is 2.44 bits per heavy atom. The Morgan fingerprint density at radius 2 is 1.81 bits per heavy atom. The fourth-order valence-electron chi connectivity index (χ4n) is 4.23. The zero-order valence-electron chi connectivity index (χ0n) is 19.4. The largest absolute Gasteiger partial charge is 0.497 e. The quantitative estimate of drug-likeness (QED) is 0.279. The lowest BCUT2D eigenvalue weighted by molar-refractivity contribution is -0.122. The number of nitrogens with one attached hydrogen (secondary N) is 3. The van der Waals surface area contributed by atoms with Crippen molar-refractivity contribution in [1.82, 2.24) is 15.5 Å². The summed E-state index contributed by atoms with van der Waals surface area (Å²) in [5.41, 5.74) is 0.346. The van der Waals surface area contributed by atoms with Crippen molar-refractivity contribution in [1.29, 1.82) is 0 Å². The summed E-state index contributed by atoms with van der Waals surface area (Å²) in [5.74, 6) is 5.36. The van der Waals surface area contributed by atoms with Crippen molar-refractivity contribution in [3.63, 3.8) is 0 Å². The van der Waals surface area contributed by atoms with Gasteiger partial charge in [-0.05, 0) is 48.9 Å². The highest BCUT2D eigenvalue weighted by Gasteiger charge is 2.48. The van der Waals surface area contributed by atoms with Crippen molar-refractivity contribution in [3.8, 4) is 17.6 Å². The molecule has 3 N–H and O–H groups in total. The number of carbonyl (C=O) groups excluding carboxylic acids is 3. The molecule has 2 aliphatic heterocycles. The molecule has 2 heterocycles. The van der Waals surface area contributed by atoms with Crippen LogP contribution in [0.2, 0.25) is 0 Å². The zero-order chi connectivity index (χ0) is 25.6. The van der Waals surface area contributed by atoms with Gasteiger partial charge in [0.05, 0.1) is 19.3 Å². The van der Waals surface area contributed by atoms with Gasteiger partial charge in [0.2, 0.25) is 16.4 Å². The summed E-state index contributed by atoms with van der Waals surface area (Å²) < 4.78 is 5.20. The van der Waals surface area contributed by atoms with Gasteiger partial charge in [0.25, 0.3) is 11.8 Å². The SMILES string of the molecule is COc1ccc2c(c1)C(=O)N(C[C@@]1(C#Cc3ccc(Nc4c(C)c(=O)c4=O)cc3)NC(=O)NC1=O)C2. The summed E-state index contributed by atoms with van der Waals surface area (Å²) >= 11 is 0. The molecule has 1 fully saturated rings. The smallest absolute Gasteiger partial charge is 0.323 e. The number of imide groups is 1. The van der Waals surface area contributed by atoms with Crippen LogP contribution in [0.3, 0.4) is 0 Å². The number of nitrogens with zero attached hydrogens (tertiary/aromatic N) is 1. The predicted octanol–water partition coefficient (Wildman–Crippen LogP) is 0.929. The van der Waals surface area contributed by atoms with E-state index in [9.17, 15) is 24.0 Å². The lowest BCUT2D eigenvalue weighted by Gasteiger charge is -2.26. The molecule has 36 heavy (non-hydrogen) atoms. The number of hydrogen-bond acceptors (Lipinski definition) is 7. The van der Waals surface area contributed by atoms with Crippen molar-refractivity contribution in [2.45, 2.75) is 19.0 Å². The van der Waals surface area contributed by atoms with E-state index in [1.165, 1.54) is 12.0 Å². The first-order valence-corrected chi connectivity index (χ1v) is 11.0. The van der Waals surface area contributed by atoms with Gasteiger partial charge in [0.1, 0.15) is 5.75 Å². The molecule has 0 saturated carbocycles. The van der Waals surface area contributed by atoms with E-state index >= 15 is 0 Å². The van der Waals surface area contributed by atoms with E-state index in [0.29, 0.717) is 28.1 Å². The Hall–Kier alpha value is -4.91. The average molecular weight is 484 g/mol. The molecule has 3 aromatic rings. The first kappa shape index (κ1) is 22.9. The second kappa shape index (κ2) is 8.39. The average Bonchev–Trinajstić information content (AvgIpc) is 3.34. The number of methoxy groups -OCH3 is 1. The summed E-state index contributed by atoms with van der Waals surface area (Å²) in [6.07, 6.45) is 0. The molecule has 0 spiro atoms. The van der Waals surface area contributed by atoms with Crippen molar-refractivity contribution >= 4 is 29.2 Å². The summed E-state index contributed by atoms with van der Waals surface area (Å²) in [5, 5.41) is 7.68. The van der Waals surface area contributed by atoms with Gasteiger partial charge in [-0.25, -0.2) is 4.79 Å². The van der Waals surface area contributed by atoms with E-state index in [0.717, 1.165) is 5.56 Å². The molecule has 2 aliphatic rings. The van der Waals surface area contributed by atoms with Gasteiger partial charge in [0, 0.05) is 28.9 Å². The summed E-state index contributed by atoms with van der Waals surface area (Å²) in [6.45, 7) is 1.70. The van der Waals surface area contributed by atoms with Gasteiger partial charge < -0.3 is 20.3 Å². The van der Waals surface area contributed by atoms with Crippen molar-refractivity contribution in [2.24, 2.45) is 0 Å². The van der Waals surface area contributed by atoms with Crippen LogP contribution in [-0.4, -0.2) is 41.9 Å². The molecule has 4 amide bonds. The van der Waals surface area contributed by atoms with Crippen molar-refractivity contribution < 1.29 is 19.1 Å². The lowest BCUT2D eigenvalue weighted by atomic mass is 9.99. The van der Waals surface area contributed by atoms with Gasteiger partial charge in [-0.3, -0.25) is 24.5 Å². The maximum Gasteiger partial charge on any atom is 0.323 e. The third-order valence-corrected chi connectivity index (χ3v) is 6.29. The first-order chi connectivity index (χ1) is 17.2. The summed E-state index contributed by atoms with van der Waals surface area (Å²) in [6, 6.07) is 11.2. The van der Waals surface area contributed by atoms with Crippen LogP contribution < -0.4 is 31.5 Å². The molecule has 1 saturated heterocycles. The molecule has 5 rings (SSSR count). The van der Waals surface area contributed by atoms with Crippen LogP contribution in [0.5, 0.6) is 5.75 Å². The molecular weight excluding hydrogens is 464 g/mol. The molecule has 0 aliphatic carbocycles. The lowest BCUT2D eigenvalue weighted by Crippen LogP contribution is -2.54. The van der Waals surface area contributed by atoms with E-state index in [2.05, 4.69) is 27.8 Å². The topological polar surface area (TPSA) is 134 Å². The maximum atomic E-state index is 13.0. The third kappa shape index (κ3) is 3.76. The Kier molecular flexibility index (Phi) is 5.33. The molecule has 0 radical (unpaired) electrons. The molecule has 10 nitrogen and oxygen atoms in total. The highest BCUT2D eigenvalue weighted by atomic mass is 16.5. The van der Waals surface area contributed by atoms with E-state index in [1.54, 1.807) is 49.4 Å². The Morgan fingerprint density at radius 1 is 1.06 bits per heavy atom. The number of rotatable bonds is 5. The molecule has 0 bridgehead atoms. The van der Waals surface area contributed by atoms with Gasteiger partial charge >= 0.3 is 6.03 Å². The number of urea groups is 1. The minimum atomic E-state index is -1.63. The molecular formula is C26H20N4O6. The van der Waals surface area contributed by atoms with Gasteiger partial charge in [-0.1, -0.05) is 17.9 Å². The third-order valence-electron chi connectivity index (χ3n) is 6.29. The van der Waals surface area contributed by atoms with E-state index in [1.807, 2.05) is 0 Å². The highest BCUT2D eigenvalue weighted by Crippen LogP contribution is 2.28. The molecule has 180 valence electrons. The predicted molar refractivity (Wildman–Crippen MR) is 130 cm³/mol. The first-order valence-electron chi connectivity index (χ1n) is 11.0. The van der Waals surface area contributed by atoms with Crippen LogP contribution in [0, 0.1) is 18.8 Å². The monoisotopic (exact) mass is 484 g/mol. The summed E-state index contributed by atoms with van der Waals surface area (Å²) in [7, 11) is 1.51. The van der Waals surface area contributed by atoms with Gasteiger partial charge in [-0.15, -0.1) is 0 Å². The summed E-state index contributed by atoms with van der Waals surface area (Å²) in [4.78, 5) is 62.3. The fraction of sp³-hybridized carbons (Fsp3) is 0.192. The van der Waals surface area contributed by atoms with E-state index in [-0.39, 0.29) is 24.7 Å². The number of anilines is 2. The van der Waals surface area contributed by atoms with E-state index < -0.39 is 28.3 Å². The zero-order valence-corrected chi connectivity index (χ0v) is 19.4. The second-order valence-electron chi connectivity index (χ2n) is 8.61. The molecule has 0 unspecified atom stereocenters. The number of amides is 4. The van der Waals surface area contributed by atoms with Gasteiger partial charge in [0.15, 0.2) is 0 Å². The van der Waals surface area contributed by atoms with Crippen LogP contribution in [0.1, 0.15) is 27.0 Å². The molecule has 0 aromatic heterocycles.